The summed E-state index contributed by atoms with van der Waals surface area (Å²) in [5.74, 6) is -0.348. The highest BCUT2D eigenvalue weighted by molar-refractivity contribution is 6.30. The molecule has 0 aliphatic carbocycles. The maximum absolute atomic E-state index is 14.2. The van der Waals surface area contributed by atoms with Crippen molar-refractivity contribution >= 4 is 11.6 Å². The molecule has 1 atom stereocenters. The van der Waals surface area contributed by atoms with Crippen LogP contribution >= 0.6 is 11.6 Å². The Bertz CT molecular complexity index is 545. The van der Waals surface area contributed by atoms with Crippen LogP contribution in [0.1, 0.15) is 30.6 Å². The Morgan fingerprint density at radius 2 is 2.10 bits per heavy atom. The first-order valence-corrected chi connectivity index (χ1v) is 7.17. The zero-order valence-corrected chi connectivity index (χ0v) is 12.2. The molecule has 2 aromatic rings. The number of benzene rings is 1. The van der Waals surface area contributed by atoms with Crippen LogP contribution in [0, 0.1) is 5.82 Å². The molecule has 0 amide bonds. The number of rotatable bonds is 6. The Morgan fingerprint density at radius 3 is 2.80 bits per heavy atom. The molecule has 1 heterocycles. The summed E-state index contributed by atoms with van der Waals surface area (Å²) < 4.78 is 14.2. The van der Waals surface area contributed by atoms with Gasteiger partial charge in [-0.1, -0.05) is 36.7 Å². The summed E-state index contributed by atoms with van der Waals surface area (Å²) in [4.78, 5) is 4.31. The van der Waals surface area contributed by atoms with Gasteiger partial charge in [-0.3, -0.25) is 4.98 Å². The van der Waals surface area contributed by atoms with Gasteiger partial charge >= 0.3 is 0 Å². The molecule has 0 aliphatic rings. The smallest absolute Gasteiger partial charge is 0.146 e. The van der Waals surface area contributed by atoms with Crippen LogP contribution in [-0.2, 0) is 6.42 Å². The minimum Gasteiger partial charge on any atom is -0.310 e. The summed E-state index contributed by atoms with van der Waals surface area (Å²) in [6, 6.07) is 10.8. The second-order valence-corrected chi connectivity index (χ2v) is 5.08. The quantitative estimate of drug-likeness (QED) is 0.865. The standard InChI is InChI=1S/C16H18ClFN2/c1-2-9-20-15(11-12-6-3-4-10-19-12)13-7-5-8-14(17)16(13)18/h3-8,10,15,20H,2,9,11H2,1H3. The number of pyridine rings is 1. The summed E-state index contributed by atoms with van der Waals surface area (Å²) in [5, 5.41) is 3.52. The molecule has 20 heavy (non-hydrogen) atoms. The molecule has 2 rings (SSSR count). The summed E-state index contributed by atoms with van der Waals surface area (Å²) in [6.45, 7) is 2.91. The highest BCUT2D eigenvalue weighted by Crippen LogP contribution is 2.25. The van der Waals surface area contributed by atoms with Crippen molar-refractivity contribution < 1.29 is 4.39 Å². The van der Waals surface area contributed by atoms with Crippen molar-refractivity contribution in [3.63, 3.8) is 0 Å². The predicted octanol–water partition coefficient (Wildman–Crippen LogP) is 4.16. The average Bonchev–Trinajstić information content (AvgIpc) is 2.48. The zero-order valence-electron chi connectivity index (χ0n) is 11.4. The fourth-order valence-corrected chi connectivity index (χ4v) is 2.31. The number of hydrogen-bond donors (Lipinski definition) is 1. The molecule has 2 nitrogen and oxygen atoms in total. The van der Waals surface area contributed by atoms with Crippen LogP contribution in [0.25, 0.3) is 0 Å². The fraction of sp³-hybridized carbons (Fsp3) is 0.312. The third kappa shape index (κ3) is 3.78. The van der Waals surface area contributed by atoms with Crippen molar-refractivity contribution in [2.24, 2.45) is 0 Å². The zero-order chi connectivity index (χ0) is 14.4. The molecule has 1 aromatic carbocycles. The highest BCUT2D eigenvalue weighted by Gasteiger charge is 2.17. The van der Waals surface area contributed by atoms with Crippen LogP contribution in [0.3, 0.4) is 0 Å². The predicted molar refractivity (Wildman–Crippen MR) is 80.4 cm³/mol. The van der Waals surface area contributed by atoms with Gasteiger partial charge in [0.2, 0.25) is 0 Å². The monoisotopic (exact) mass is 292 g/mol. The van der Waals surface area contributed by atoms with Crippen LogP contribution in [0.5, 0.6) is 0 Å². The molecule has 0 aliphatic heterocycles. The molecule has 1 aromatic heterocycles. The third-order valence-electron chi connectivity index (χ3n) is 3.14. The largest absolute Gasteiger partial charge is 0.310 e. The van der Waals surface area contributed by atoms with Crippen LogP contribution in [-0.4, -0.2) is 11.5 Å². The number of halogens is 2. The topological polar surface area (TPSA) is 24.9 Å². The number of aromatic nitrogens is 1. The van der Waals surface area contributed by atoms with Gasteiger partial charge in [0.05, 0.1) is 5.02 Å². The van der Waals surface area contributed by atoms with E-state index in [-0.39, 0.29) is 16.9 Å². The highest BCUT2D eigenvalue weighted by atomic mass is 35.5. The molecule has 0 saturated carbocycles. The minimum atomic E-state index is -0.348. The van der Waals surface area contributed by atoms with E-state index in [9.17, 15) is 4.39 Å². The molecular formula is C16H18ClFN2. The first-order valence-electron chi connectivity index (χ1n) is 6.79. The Labute approximate surface area is 124 Å². The van der Waals surface area contributed by atoms with Crippen molar-refractivity contribution in [3.8, 4) is 0 Å². The van der Waals surface area contributed by atoms with Crippen LogP contribution in [0.4, 0.5) is 4.39 Å². The third-order valence-corrected chi connectivity index (χ3v) is 3.43. The molecule has 0 fully saturated rings. The van der Waals surface area contributed by atoms with Crippen molar-refractivity contribution in [2.75, 3.05) is 6.54 Å². The van der Waals surface area contributed by atoms with E-state index < -0.39 is 0 Å². The molecule has 1 unspecified atom stereocenters. The van der Waals surface area contributed by atoms with Gasteiger partial charge < -0.3 is 5.32 Å². The maximum Gasteiger partial charge on any atom is 0.146 e. The lowest BCUT2D eigenvalue weighted by Crippen LogP contribution is -2.25. The van der Waals surface area contributed by atoms with E-state index in [4.69, 9.17) is 11.6 Å². The van der Waals surface area contributed by atoms with Gasteiger partial charge in [-0.05, 0) is 31.2 Å². The Morgan fingerprint density at radius 1 is 1.25 bits per heavy atom. The van der Waals surface area contributed by atoms with Gasteiger partial charge in [0.1, 0.15) is 5.82 Å². The molecule has 106 valence electrons. The first-order chi connectivity index (χ1) is 9.72. The molecule has 0 bridgehead atoms. The van der Waals surface area contributed by atoms with Crippen LogP contribution in [0.2, 0.25) is 5.02 Å². The van der Waals surface area contributed by atoms with Gasteiger partial charge in [0.25, 0.3) is 0 Å². The van der Waals surface area contributed by atoms with E-state index in [0.29, 0.717) is 12.0 Å². The fourth-order valence-electron chi connectivity index (χ4n) is 2.13. The maximum atomic E-state index is 14.2. The van der Waals surface area contributed by atoms with E-state index in [1.807, 2.05) is 18.2 Å². The van der Waals surface area contributed by atoms with Gasteiger partial charge in [0.15, 0.2) is 0 Å². The summed E-state index contributed by atoms with van der Waals surface area (Å²) in [6.07, 6.45) is 3.37. The minimum absolute atomic E-state index is 0.122. The Hall–Kier alpha value is -1.45. The molecule has 0 radical (unpaired) electrons. The van der Waals surface area contributed by atoms with Crippen LogP contribution < -0.4 is 5.32 Å². The molecule has 0 spiro atoms. The van der Waals surface area contributed by atoms with Gasteiger partial charge in [-0.15, -0.1) is 0 Å². The van der Waals surface area contributed by atoms with E-state index in [1.165, 1.54) is 0 Å². The number of hydrogen-bond acceptors (Lipinski definition) is 2. The van der Waals surface area contributed by atoms with Crippen molar-refractivity contribution in [2.45, 2.75) is 25.8 Å². The molecule has 4 heteroatoms. The lowest BCUT2D eigenvalue weighted by molar-refractivity contribution is 0.493. The van der Waals surface area contributed by atoms with E-state index in [0.717, 1.165) is 18.7 Å². The first kappa shape index (κ1) is 14.9. The lowest BCUT2D eigenvalue weighted by Gasteiger charge is -2.19. The normalized spacial score (nSPS) is 12.3. The Balaban J connectivity index is 2.25. The SMILES string of the molecule is CCCNC(Cc1ccccn1)c1cccc(Cl)c1F. The molecule has 0 saturated heterocycles. The van der Waals surface area contributed by atoms with Gasteiger partial charge in [-0.25, -0.2) is 4.39 Å². The van der Waals surface area contributed by atoms with E-state index >= 15 is 0 Å². The lowest BCUT2D eigenvalue weighted by atomic mass is 10.0. The summed E-state index contributed by atoms with van der Waals surface area (Å²) in [7, 11) is 0. The Kier molecular flexibility index (Phi) is 5.50. The number of nitrogens with one attached hydrogen (secondary N) is 1. The number of nitrogens with zero attached hydrogens (tertiary/aromatic N) is 1. The van der Waals surface area contributed by atoms with Crippen molar-refractivity contribution in [1.82, 2.24) is 10.3 Å². The molecular weight excluding hydrogens is 275 g/mol. The second kappa shape index (κ2) is 7.36. The van der Waals surface area contributed by atoms with Crippen LogP contribution in [0.15, 0.2) is 42.6 Å². The summed E-state index contributed by atoms with van der Waals surface area (Å²) in [5.41, 5.74) is 1.53. The molecule has 1 N–H and O–H groups in total. The van der Waals surface area contributed by atoms with Gasteiger partial charge in [0, 0.05) is 29.9 Å². The van der Waals surface area contributed by atoms with E-state index in [1.54, 1.807) is 24.4 Å². The van der Waals surface area contributed by atoms with Gasteiger partial charge in [-0.2, -0.15) is 0 Å². The van der Waals surface area contributed by atoms with Crippen molar-refractivity contribution in [3.05, 3.63) is 64.7 Å². The van der Waals surface area contributed by atoms with E-state index in [2.05, 4.69) is 17.2 Å². The van der Waals surface area contributed by atoms with Crippen molar-refractivity contribution in [1.29, 1.82) is 0 Å². The second-order valence-electron chi connectivity index (χ2n) is 4.67. The average molecular weight is 293 g/mol. The summed E-state index contributed by atoms with van der Waals surface area (Å²) >= 11 is 5.88.